The standard InChI is InChI=1S/C30H26ClN3O4S/c1-20(21-9-3-2-4-10-21)32-28(35)19-33-18-22(23-11-5-7-13-25(23)33)17-27-29(36)34(30(37)39-27)15-16-38-26-14-8-6-12-24(26)31/h2-14,17-18,20H,15-16,19H2,1H3,(H,32,35)/b27-17-. The van der Waals surface area contributed by atoms with Gasteiger partial charge < -0.3 is 14.6 Å². The first-order valence-corrected chi connectivity index (χ1v) is 13.6. The number of hydrogen-bond acceptors (Lipinski definition) is 5. The van der Waals surface area contributed by atoms with Gasteiger partial charge in [-0.1, -0.05) is 72.3 Å². The third-order valence-electron chi connectivity index (χ3n) is 6.38. The molecule has 1 fully saturated rings. The molecule has 1 aliphatic heterocycles. The second-order valence-electron chi connectivity index (χ2n) is 9.04. The fourth-order valence-electron chi connectivity index (χ4n) is 4.43. The molecule has 3 aromatic carbocycles. The van der Waals surface area contributed by atoms with Crippen molar-refractivity contribution in [1.82, 2.24) is 14.8 Å². The summed E-state index contributed by atoms with van der Waals surface area (Å²) in [6.07, 6.45) is 3.55. The van der Waals surface area contributed by atoms with Gasteiger partial charge in [0.1, 0.15) is 18.9 Å². The van der Waals surface area contributed by atoms with Crippen molar-refractivity contribution < 1.29 is 19.1 Å². The van der Waals surface area contributed by atoms with E-state index in [-0.39, 0.29) is 42.8 Å². The minimum absolute atomic E-state index is 0.106. The predicted molar refractivity (Wildman–Crippen MR) is 155 cm³/mol. The molecule has 0 spiro atoms. The van der Waals surface area contributed by atoms with Crippen LogP contribution in [-0.2, 0) is 16.1 Å². The molecule has 0 saturated carbocycles. The largest absolute Gasteiger partial charge is 0.490 e. The first-order chi connectivity index (χ1) is 18.9. The Labute approximate surface area is 235 Å². The Hall–Kier alpha value is -4.01. The van der Waals surface area contributed by atoms with Gasteiger partial charge in [0.05, 0.1) is 22.5 Å². The Balaban J connectivity index is 1.29. The van der Waals surface area contributed by atoms with E-state index in [1.165, 1.54) is 4.90 Å². The number of imide groups is 1. The van der Waals surface area contributed by atoms with Crippen LogP contribution in [0.25, 0.3) is 17.0 Å². The van der Waals surface area contributed by atoms with Crippen LogP contribution in [0.5, 0.6) is 5.75 Å². The number of amides is 3. The molecule has 0 radical (unpaired) electrons. The van der Waals surface area contributed by atoms with Crippen molar-refractivity contribution in [1.29, 1.82) is 0 Å². The summed E-state index contributed by atoms with van der Waals surface area (Å²) < 4.78 is 7.51. The number of nitrogens with one attached hydrogen (secondary N) is 1. The van der Waals surface area contributed by atoms with Gasteiger partial charge in [0, 0.05) is 22.7 Å². The van der Waals surface area contributed by atoms with Crippen LogP contribution < -0.4 is 10.1 Å². The number of halogens is 1. The predicted octanol–water partition coefficient (Wildman–Crippen LogP) is 6.29. The van der Waals surface area contributed by atoms with Crippen molar-refractivity contribution in [2.45, 2.75) is 19.5 Å². The number of thioether (sulfide) groups is 1. The van der Waals surface area contributed by atoms with Crippen molar-refractivity contribution in [3.8, 4) is 5.75 Å². The molecule has 5 rings (SSSR count). The molecule has 1 unspecified atom stereocenters. The number of nitrogens with zero attached hydrogens (tertiary/aromatic N) is 2. The molecule has 39 heavy (non-hydrogen) atoms. The molecular formula is C30H26ClN3O4S. The van der Waals surface area contributed by atoms with Crippen LogP contribution in [0.4, 0.5) is 4.79 Å². The number of aromatic nitrogens is 1. The summed E-state index contributed by atoms with van der Waals surface area (Å²) in [6.45, 7) is 2.30. The van der Waals surface area contributed by atoms with Crippen molar-refractivity contribution >= 4 is 57.4 Å². The summed E-state index contributed by atoms with van der Waals surface area (Å²) in [5, 5.41) is 4.03. The highest BCUT2D eigenvalue weighted by Crippen LogP contribution is 2.34. The molecule has 4 aromatic rings. The third-order valence-corrected chi connectivity index (χ3v) is 7.60. The van der Waals surface area contributed by atoms with E-state index < -0.39 is 0 Å². The van der Waals surface area contributed by atoms with Gasteiger partial charge in [0.25, 0.3) is 11.1 Å². The Morgan fingerprint density at radius 2 is 1.74 bits per heavy atom. The van der Waals surface area contributed by atoms with Crippen LogP contribution in [0.15, 0.2) is 90.0 Å². The van der Waals surface area contributed by atoms with Crippen LogP contribution in [0.2, 0.25) is 5.02 Å². The van der Waals surface area contributed by atoms with E-state index >= 15 is 0 Å². The van der Waals surface area contributed by atoms with Gasteiger partial charge >= 0.3 is 0 Å². The summed E-state index contributed by atoms with van der Waals surface area (Å²) in [6, 6.07) is 24.4. The maximum atomic E-state index is 13.1. The molecule has 1 aliphatic rings. The molecule has 2 heterocycles. The van der Waals surface area contributed by atoms with E-state index in [1.807, 2.05) is 72.3 Å². The third kappa shape index (κ3) is 6.02. The molecule has 1 N–H and O–H groups in total. The van der Waals surface area contributed by atoms with E-state index in [1.54, 1.807) is 30.3 Å². The average Bonchev–Trinajstić information content (AvgIpc) is 3.41. The Morgan fingerprint density at radius 1 is 1.03 bits per heavy atom. The number of benzene rings is 3. The summed E-state index contributed by atoms with van der Waals surface area (Å²) in [7, 11) is 0. The molecule has 1 atom stereocenters. The topological polar surface area (TPSA) is 80.6 Å². The highest BCUT2D eigenvalue weighted by Gasteiger charge is 2.35. The van der Waals surface area contributed by atoms with E-state index in [0.717, 1.165) is 33.8 Å². The number of carbonyl (C=O) groups excluding carboxylic acids is 3. The number of hydrogen-bond donors (Lipinski definition) is 1. The molecular weight excluding hydrogens is 534 g/mol. The molecule has 0 bridgehead atoms. The lowest BCUT2D eigenvalue weighted by atomic mass is 10.1. The monoisotopic (exact) mass is 559 g/mol. The lowest BCUT2D eigenvalue weighted by Crippen LogP contribution is -2.32. The average molecular weight is 560 g/mol. The van der Waals surface area contributed by atoms with Crippen LogP contribution in [-0.4, -0.2) is 39.7 Å². The molecule has 1 aromatic heterocycles. The second kappa shape index (κ2) is 11.8. The number of carbonyl (C=O) groups is 3. The van der Waals surface area contributed by atoms with Gasteiger partial charge in [-0.2, -0.15) is 0 Å². The fourth-order valence-corrected chi connectivity index (χ4v) is 5.48. The van der Waals surface area contributed by atoms with Gasteiger partial charge in [-0.15, -0.1) is 0 Å². The maximum absolute atomic E-state index is 13.1. The molecule has 7 nitrogen and oxygen atoms in total. The summed E-state index contributed by atoms with van der Waals surface area (Å²) in [5.74, 6) is -0.00629. The lowest BCUT2D eigenvalue weighted by Gasteiger charge is -2.15. The molecule has 198 valence electrons. The van der Waals surface area contributed by atoms with Crippen molar-refractivity contribution in [3.05, 3.63) is 106 Å². The Morgan fingerprint density at radius 3 is 2.54 bits per heavy atom. The Bertz CT molecular complexity index is 1570. The van der Waals surface area contributed by atoms with Crippen LogP contribution in [0.3, 0.4) is 0 Å². The molecule has 1 saturated heterocycles. The van der Waals surface area contributed by atoms with Crippen molar-refractivity contribution in [2.75, 3.05) is 13.2 Å². The van der Waals surface area contributed by atoms with Gasteiger partial charge in [-0.05, 0) is 48.5 Å². The highest BCUT2D eigenvalue weighted by atomic mass is 35.5. The maximum Gasteiger partial charge on any atom is 0.293 e. The highest BCUT2D eigenvalue weighted by molar-refractivity contribution is 8.18. The van der Waals surface area contributed by atoms with E-state index in [2.05, 4.69) is 5.32 Å². The number of ether oxygens (including phenoxy) is 1. The summed E-state index contributed by atoms with van der Waals surface area (Å²) in [5.41, 5.74) is 2.64. The minimum Gasteiger partial charge on any atom is -0.490 e. The summed E-state index contributed by atoms with van der Waals surface area (Å²) >= 11 is 7.00. The SMILES string of the molecule is CC(NC(=O)Cn1cc(/C=C2\SC(=O)N(CCOc3ccccc3Cl)C2=O)c2ccccc21)c1ccccc1. The normalized spacial score (nSPS) is 15.2. The fraction of sp³-hybridized carbons (Fsp3) is 0.167. The van der Waals surface area contributed by atoms with Crippen LogP contribution >= 0.6 is 23.4 Å². The summed E-state index contributed by atoms with van der Waals surface area (Å²) in [4.78, 5) is 40.1. The van der Waals surface area contributed by atoms with Crippen molar-refractivity contribution in [2.24, 2.45) is 0 Å². The second-order valence-corrected chi connectivity index (χ2v) is 10.4. The van der Waals surface area contributed by atoms with Gasteiger partial charge in [-0.25, -0.2) is 0 Å². The zero-order valence-corrected chi connectivity index (χ0v) is 22.7. The van der Waals surface area contributed by atoms with E-state index in [0.29, 0.717) is 15.7 Å². The number of para-hydroxylation sites is 2. The van der Waals surface area contributed by atoms with Crippen molar-refractivity contribution in [3.63, 3.8) is 0 Å². The van der Waals surface area contributed by atoms with Gasteiger partial charge in [-0.3, -0.25) is 19.3 Å². The smallest absolute Gasteiger partial charge is 0.293 e. The van der Waals surface area contributed by atoms with Gasteiger partial charge in [0.15, 0.2) is 0 Å². The lowest BCUT2D eigenvalue weighted by molar-refractivity contribution is -0.123. The zero-order chi connectivity index (χ0) is 27.4. The number of fused-ring (bicyclic) bond motifs is 1. The molecule has 0 aliphatic carbocycles. The quantitative estimate of drug-likeness (QED) is 0.244. The Kier molecular flexibility index (Phi) is 8.05. The van der Waals surface area contributed by atoms with E-state index in [4.69, 9.17) is 16.3 Å². The van der Waals surface area contributed by atoms with E-state index in [9.17, 15) is 14.4 Å². The van der Waals surface area contributed by atoms with Crippen LogP contribution in [0.1, 0.15) is 24.1 Å². The zero-order valence-electron chi connectivity index (χ0n) is 21.2. The van der Waals surface area contributed by atoms with Gasteiger partial charge in [0.2, 0.25) is 5.91 Å². The molecule has 9 heteroatoms. The first-order valence-electron chi connectivity index (χ1n) is 12.5. The number of rotatable bonds is 9. The van der Waals surface area contributed by atoms with Crippen LogP contribution in [0, 0.1) is 0 Å². The first kappa shape index (κ1) is 26.6. The minimum atomic E-state index is -0.376. The molecule has 3 amide bonds.